The van der Waals surface area contributed by atoms with E-state index in [2.05, 4.69) is 15.9 Å². The van der Waals surface area contributed by atoms with Crippen LogP contribution < -0.4 is 0 Å². The minimum Gasteiger partial charge on any atom is -0.272 e. The normalized spacial score (nSPS) is 29.2. The van der Waals surface area contributed by atoms with Crippen LogP contribution in [0.5, 0.6) is 0 Å². The first-order valence-corrected chi connectivity index (χ1v) is 13.8. The Kier molecular flexibility index (Phi) is 6.79. The summed E-state index contributed by atoms with van der Waals surface area (Å²) in [5.41, 5.74) is 0.0352. The maximum absolute atomic E-state index is 13.9. The van der Waals surface area contributed by atoms with Gasteiger partial charge in [-0.25, -0.2) is 5.01 Å². The van der Waals surface area contributed by atoms with Gasteiger partial charge in [0.1, 0.15) is 9.75 Å². The highest BCUT2D eigenvalue weighted by atomic mass is 79.9. The van der Waals surface area contributed by atoms with Crippen molar-refractivity contribution in [1.29, 1.82) is 0 Å². The van der Waals surface area contributed by atoms with Crippen molar-refractivity contribution < 1.29 is 19.3 Å². The zero-order chi connectivity index (χ0) is 27.9. The molecule has 0 radical (unpaired) electrons. The summed E-state index contributed by atoms with van der Waals surface area (Å²) < 4.78 is -1.38. The Hall–Kier alpha value is -1.59. The second kappa shape index (κ2) is 9.23. The van der Waals surface area contributed by atoms with Crippen LogP contribution in [0.1, 0.15) is 15.9 Å². The van der Waals surface area contributed by atoms with E-state index >= 15 is 0 Å². The van der Waals surface area contributed by atoms with Gasteiger partial charge in [0, 0.05) is 22.2 Å². The summed E-state index contributed by atoms with van der Waals surface area (Å²) in [6, 6.07) is 11.6. The Bertz CT molecular complexity index is 1420. The molecular formula is C23H12BrCl6N3O5. The molecule has 3 amide bonds. The zero-order valence-corrected chi connectivity index (χ0v) is 24.6. The molecule has 2 bridgehead atoms. The van der Waals surface area contributed by atoms with E-state index < -0.39 is 48.6 Å². The number of halogens is 7. The summed E-state index contributed by atoms with van der Waals surface area (Å²) in [6.45, 7) is -0.266. The fourth-order valence-corrected chi connectivity index (χ4v) is 8.31. The number of rotatable bonds is 5. The number of hydrazine groups is 1. The van der Waals surface area contributed by atoms with Gasteiger partial charge in [0.15, 0.2) is 4.33 Å². The van der Waals surface area contributed by atoms with Gasteiger partial charge in [0.2, 0.25) is 0 Å². The lowest BCUT2D eigenvalue weighted by Crippen LogP contribution is -2.55. The number of benzene rings is 2. The summed E-state index contributed by atoms with van der Waals surface area (Å²) in [7, 11) is 0. The van der Waals surface area contributed by atoms with E-state index in [9.17, 15) is 24.5 Å². The molecule has 198 valence electrons. The van der Waals surface area contributed by atoms with E-state index in [4.69, 9.17) is 69.6 Å². The number of hydrogen-bond donors (Lipinski definition) is 0. The van der Waals surface area contributed by atoms with Gasteiger partial charge in [-0.15, -0.1) is 23.2 Å². The average Bonchev–Trinajstić information content (AvgIpc) is 3.26. The number of hydrogen-bond acceptors (Lipinski definition) is 5. The number of fused-ring (bicyclic) bond motifs is 5. The Morgan fingerprint density at radius 2 is 1.50 bits per heavy atom. The monoisotopic (exact) mass is 699 g/mol. The Morgan fingerprint density at radius 1 is 0.974 bits per heavy atom. The third-order valence-electron chi connectivity index (χ3n) is 6.91. The first-order valence-electron chi connectivity index (χ1n) is 10.7. The van der Waals surface area contributed by atoms with Crippen LogP contribution in [0.3, 0.4) is 0 Å². The smallest absolute Gasteiger partial charge is 0.272 e. The number of allylic oxidation sites excluding steroid dienone is 2. The lowest BCUT2D eigenvalue weighted by Gasteiger charge is -2.37. The molecule has 38 heavy (non-hydrogen) atoms. The highest BCUT2D eigenvalue weighted by Crippen LogP contribution is 2.77. The van der Waals surface area contributed by atoms with Crippen LogP contribution in [0.15, 0.2) is 63.1 Å². The molecule has 2 aliphatic carbocycles. The van der Waals surface area contributed by atoms with E-state index in [0.717, 1.165) is 15.5 Å². The second-order valence-electron chi connectivity index (χ2n) is 8.87. The van der Waals surface area contributed by atoms with Gasteiger partial charge in [-0.1, -0.05) is 80.5 Å². The zero-order valence-electron chi connectivity index (χ0n) is 18.5. The van der Waals surface area contributed by atoms with Gasteiger partial charge in [0.05, 0.1) is 33.4 Å². The van der Waals surface area contributed by atoms with Crippen LogP contribution >= 0.6 is 85.5 Å². The largest absolute Gasteiger partial charge is 0.273 e. The lowest BCUT2D eigenvalue weighted by atomic mass is 9.84. The fraction of sp³-hybridized carbons (Fsp3) is 0.261. The van der Waals surface area contributed by atoms with Crippen molar-refractivity contribution in [3.05, 3.63) is 84.3 Å². The van der Waals surface area contributed by atoms with Gasteiger partial charge in [-0.3, -0.25) is 24.5 Å². The Balaban J connectivity index is 1.62. The summed E-state index contributed by atoms with van der Waals surface area (Å²) in [5, 5.41) is 12.3. The fourth-order valence-electron chi connectivity index (χ4n) is 5.12. The highest BCUT2D eigenvalue weighted by Gasteiger charge is 2.88. The third kappa shape index (κ3) is 3.52. The van der Waals surface area contributed by atoms with Crippen LogP contribution in [0.2, 0.25) is 0 Å². The van der Waals surface area contributed by atoms with Crippen molar-refractivity contribution in [3.8, 4) is 0 Å². The number of nitro groups is 1. The van der Waals surface area contributed by atoms with Gasteiger partial charge in [-0.05, 0) is 23.8 Å². The van der Waals surface area contributed by atoms with E-state index in [-0.39, 0.29) is 27.9 Å². The molecule has 8 nitrogen and oxygen atoms in total. The van der Waals surface area contributed by atoms with Gasteiger partial charge in [0.25, 0.3) is 23.4 Å². The topological polar surface area (TPSA) is 101 Å². The molecule has 15 heteroatoms. The first kappa shape index (κ1) is 28.0. The molecule has 4 atom stereocenters. The van der Waals surface area contributed by atoms with Gasteiger partial charge >= 0.3 is 0 Å². The van der Waals surface area contributed by atoms with Crippen molar-refractivity contribution in [1.82, 2.24) is 10.0 Å². The number of non-ortho nitro benzene ring substituents is 1. The summed E-state index contributed by atoms with van der Waals surface area (Å²) in [6.07, 6.45) is 0. The Labute approximate surface area is 253 Å². The predicted octanol–water partition coefficient (Wildman–Crippen LogP) is 6.36. The maximum atomic E-state index is 13.9. The molecule has 0 N–H and O–H groups in total. The number of alkyl halides is 4. The molecular weight excluding hydrogens is 691 g/mol. The number of carbonyl (C=O) groups excluding carboxylic acids is 3. The van der Waals surface area contributed by atoms with Crippen LogP contribution in [0.4, 0.5) is 5.69 Å². The number of amides is 3. The number of imide groups is 1. The van der Waals surface area contributed by atoms with Crippen LogP contribution in [0, 0.1) is 22.0 Å². The van der Waals surface area contributed by atoms with Crippen LogP contribution in [0.25, 0.3) is 0 Å². The minimum atomic E-state index is -2.13. The molecule has 1 saturated carbocycles. The number of nitrogens with zero attached hydrogens (tertiary/aromatic N) is 3. The molecule has 0 spiro atoms. The van der Waals surface area contributed by atoms with Gasteiger partial charge in [-0.2, -0.15) is 5.01 Å². The first-order chi connectivity index (χ1) is 17.7. The van der Waals surface area contributed by atoms with Crippen molar-refractivity contribution in [2.45, 2.75) is 20.6 Å². The maximum Gasteiger partial charge on any atom is 0.273 e. The highest BCUT2D eigenvalue weighted by molar-refractivity contribution is 9.10. The van der Waals surface area contributed by atoms with E-state index in [1.807, 2.05) is 0 Å². The minimum absolute atomic E-state index is 0.142. The second-order valence-corrected chi connectivity index (χ2v) is 13.1. The summed E-state index contributed by atoms with van der Waals surface area (Å²) >= 11 is 42.7. The molecule has 3 aliphatic rings. The van der Waals surface area contributed by atoms with Crippen molar-refractivity contribution in [2.24, 2.45) is 11.8 Å². The summed E-state index contributed by atoms with van der Waals surface area (Å²) in [5.74, 6) is -5.64. The molecule has 1 heterocycles. The van der Waals surface area contributed by atoms with E-state index in [1.165, 1.54) is 18.2 Å². The predicted molar refractivity (Wildman–Crippen MR) is 146 cm³/mol. The molecule has 1 saturated heterocycles. The molecule has 2 aromatic carbocycles. The quantitative estimate of drug-likeness (QED) is 0.156. The van der Waals surface area contributed by atoms with Crippen molar-refractivity contribution in [2.75, 3.05) is 0 Å². The number of carbonyl (C=O) groups is 3. The van der Waals surface area contributed by atoms with E-state index in [0.29, 0.717) is 10.6 Å². The molecule has 0 unspecified atom stereocenters. The van der Waals surface area contributed by atoms with E-state index in [1.54, 1.807) is 24.3 Å². The third-order valence-corrected chi connectivity index (χ3v) is 11.7. The number of nitro benzene ring substituents is 1. The lowest BCUT2D eigenvalue weighted by molar-refractivity contribution is -0.384. The standard InChI is InChI=1S/C23H12BrCl6N3O5/c24-12-6-4-10(5-7-12)9-31(18(34)11-2-1-3-13(8-11)33(37)38)32-19(35)14-15(20(32)36)22(28)17(26)16(25)21(14,27)23(22,29)30/h1-8,14-15H,9H2/t14-,15-,21+,22+/m0/s1. The average molecular weight is 703 g/mol. The molecule has 5 rings (SSSR count). The van der Waals surface area contributed by atoms with Crippen molar-refractivity contribution in [3.63, 3.8) is 0 Å². The molecule has 2 aromatic rings. The van der Waals surface area contributed by atoms with Crippen molar-refractivity contribution >= 4 is 109 Å². The molecule has 0 aromatic heterocycles. The van der Waals surface area contributed by atoms with Crippen LogP contribution in [-0.4, -0.2) is 46.7 Å². The van der Waals surface area contributed by atoms with Gasteiger partial charge < -0.3 is 0 Å². The SMILES string of the molecule is O=C(c1cccc([N+](=O)[O-])c1)N(Cc1ccc(Br)cc1)N1C(=O)[C@@H]2[C@@H](C1=O)[C@@]1(Cl)C(Cl)=C(Cl)[C@@]2(Cl)C1(Cl)Cl. The Morgan fingerprint density at radius 3 is 2.00 bits per heavy atom. The summed E-state index contributed by atoms with van der Waals surface area (Å²) in [4.78, 5) is 48.0. The molecule has 1 aliphatic heterocycles. The van der Waals surface area contributed by atoms with Crippen LogP contribution in [-0.2, 0) is 16.1 Å². The molecule has 2 fully saturated rings.